The maximum atomic E-state index is 12.3. The molecule has 0 amide bonds. The smallest absolute Gasteiger partial charge is 0.338 e. The average molecular weight is 391 g/mol. The molecule has 2 aromatic carbocycles. The van der Waals surface area contributed by atoms with Crippen LogP contribution in [-0.4, -0.2) is 42.1 Å². The molecule has 7 heteroatoms. The van der Waals surface area contributed by atoms with Crippen LogP contribution in [0.15, 0.2) is 40.8 Å². The third-order valence-corrected chi connectivity index (χ3v) is 4.79. The topological polar surface area (TPSA) is 55.6 Å². The molecule has 26 heavy (non-hydrogen) atoms. The lowest BCUT2D eigenvalue weighted by Crippen LogP contribution is -2.20. The summed E-state index contributed by atoms with van der Waals surface area (Å²) >= 11 is 12.1. The summed E-state index contributed by atoms with van der Waals surface area (Å²) in [5.74, 6) is 0.0368. The van der Waals surface area contributed by atoms with Gasteiger partial charge in [0.1, 0.15) is 11.6 Å². The van der Waals surface area contributed by atoms with E-state index in [0.717, 1.165) is 6.42 Å². The van der Waals surface area contributed by atoms with E-state index in [1.54, 1.807) is 36.4 Å². The number of hydrogen-bond donors (Lipinski definition) is 0. The van der Waals surface area contributed by atoms with Gasteiger partial charge in [0.15, 0.2) is 5.58 Å². The second-order valence-electron chi connectivity index (χ2n) is 6.57. The highest BCUT2D eigenvalue weighted by atomic mass is 35.5. The van der Waals surface area contributed by atoms with E-state index in [0.29, 0.717) is 44.2 Å². The minimum atomic E-state index is -0.356. The van der Waals surface area contributed by atoms with Crippen LogP contribution in [0.4, 0.5) is 0 Å². The molecule has 1 heterocycles. The predicted molar refractivity (Wildman–Crippen MR) is 101 cm³/mol. The molecule has 5 nitrogen and oxygen atoms in total. The number of carbonyl (C=O) groups is 1. The van der Waals surface area contributed by atoms with E-state index in [4.69, 9.17) is 32.4 Å². The minimum absolute atomic E-state index is 0.0490. The zero-order valence-electron chi connectivity index (χ0n) is 14.2. The number of esters is 1. The van der Waals surface area contributed by atoms with Gasteiger partial charge in [0.05, 0.1) is 5.56 Å². The standard InChI is InChI=1S/C19H16Cl2N2O3/c1-23(2)15-9-17(15)26-19(24)10-3-4-14-16(7-10)25-18(22-14)11-5-12(20)8-13(21)6-11/h3-8,15,17H,9H2,1-2H3/t15-,17-/m0/s1. The van der Waals surface area contributed by atoms with Gasteiger partial charge in [0.25, 0.3) is 0 Å². The fourth-order valence-electron chi connectivity index (χ4n) is 2.89. The first-order valence-electron chi connectivity index (χ1n) is 8.15. The number of carbonyl (C=O) groups excluding carboxylic acids is 1. The first-order chi connectivity index (χ1) is 12.4. The van der Waals surface area contributed by atoms with Gasteiger partial charge in [-0.25, -0.2) is 9.78 Å². The quantitative estimate of drug-likeness (QED) is 0.606. The van der Waals surface area contributed by atoms with Crippen molar-refractivity contribution in [3.05, 3.63) is 52.0 Å². The molecule has 1 fully saturated rings. The largest absolute Gasteiger partial charge is 0.457 e. The third kappa shape index (κ3) is 3.43. The summed E-state index contributed by atoms with van der Waals surface area (Å²) in [6.07, 6.45) is 0.815. The van der Waals surface area contributed by atoms with Gasteiger partial charge >= 0.3 is 5.97 Å². The molecular weight excluding hydrogens is 375 g/mol. The molecule has 0 unspecified atom stereocenters. The van der Waals surface area contributed by atoms with Crippen molar-refractivity contribution in [3.8, 4) is 11.5 Å². The molecule has 1 aromatic heterocycles. The molecule has 0 spiro atoms. The van der Waals surface area contributed by atoms with Crippen molar-refractivity contribution in [2.24, 2.45) is 0 Å². The van der Waals surface area contributed by atoms with Crippen molar-refractivity contribution in [1.29, 1.82) is 0 Å². The van der Waals surface area contributed by atoms with Gasteiger partial charge in [0, 0.05) is 28.1 Å². The summed E-state index contributed by atoms with van der Waals surface area (Å²) in [4.78, 5) is 18.8. The van der Waals surface area contributed by atoms with Gasteiger partial charge in [-0.15, -0.1) is 0 Å². The van der Waals surface area contributed by atoms with E-state index in [1.165, 1.54) is 0 Å². The van der Waals surface area contributed by atoms with Gasteiger partial charge in [-0.3, -0.25) is 0 Å². The van der Waals surface area contributed by atoms with Crippen LogP contribution >= 0.6 is 23.2 Å². The number of benzene rings is 2. The summed E-state index contributed by atoms with van der Waals surface area (Å²) in [6, 6.07) is 10.5. The number of likely N-dealkylation sites (N-methyl/N-ethyl adjacent to an activating group) is 1. The highest BCUT2D eigenvalue weighted by molar-refractivity contribution is 6.35. The molecule has 2 atom stereocenters. The third-order valence-electron chi connectivity index (χ3n) is 4.36. The van der Waals surface area contributed by atoms with E-state index in [-0.39, 0.29) is 12.1 Å². The van der Waals surface area contributed by atoms with Crippen LogP contribution in [0.2, 0.25) is 10.0 Å². The van der Waals surface area contributed by atoms with E-state index in [9.17, 15) is 4.79 Å². The Labute approximate surface area is 160 Å². The molecule has 3 aromatic rings. The summed E-state index contributed by atoms with van der Waals surface area (Å²) in [5.41, 5.74) is 2.26. The van der Waals surface area contributed by atoms with Crippen molar-refractivity contribution < 1.29 is 13.9 Å². The lowest BCUT2D eigenvalue weighted by Gasteiger charge is -2.09. The number of fused-ring (bicyclic) bond motifs is 1. The van der Waals surface area contributed by atoms with E-state index in [1.807, 2.05) is 14.1 Å². The minimum Gasteiger partial charge on any atom is -0.457 e. The molecule has 0 saturated heterocycles. The second kappa shape index (κ2) is 6.58. The maximum absolute atomic E-state index is 12.3. The fraction of sp³-hybridized carbons (Fsp3) is 0.263. The molecule has 0 aliphatic heterocycles. The Balaban J connectivity index is 1.59. The summed E-state index contributed by atoms with van der Waals surface area (Å²) in [6.45, 7) is 0. The number of ether oxygens (including phenoxy) is 1. The average Bonchev–Trinajstić information content (AvgIpc) is 3.21. The predicted octanol–water partition coefficient (Wildman–Crippen LogP) is 4.66. The first-order valence-corrected chi connectivity index (χ1v) is 8.91. The van der Waals surface area contributed by atoms with Crippen LogP contribution in [0.3, 0.4) is 0 Å². The van der Waals surface area contributed by atoms with Crippen LogP contribution in [-0.2, 0) is 4.74 Å². The number of nitrogens with zero attached hydrogens (tertiary/aromatic N) is 2. The molecule has 0 radical (unpaired) electrons. The zero-order chi connectivity index (χ0) is 18.4. The lowest BCUT2D eigenvalue weighted by atomic mass is 10.2. The molecule has 1 saturated carbocycles. The zero-order valence-corrected chi connectivity index (χ0v) is 15.7. The van der Waals surface area contributed by atoms with Crippen molar-refractivity contribution in [2.45, 2.75) is 18.6 Å². The first kappa shape index (κ1) is 17.3. The van der Waals surface area contributed by atoms with Gasteiger partial charge in [0.2, 0.25) is 5.89 Å². The van der Waals surface area contributed by atoms with Crippen molar-refractivity contribution >= 4 is 40.3 Å². The SMILES string of the molecule is CN(C)[C@H]1C[C@@H]1OC(=O)c1ccc2nc(-c3cc(Cl)cc(Cl)c3)oc2c1. The molecule has 4 rings (SSSR count). The summed E-state index contributed by atoms with van der Waals surface area (Å²) in [5, 5.41) is 0.998. The highest BCUT2D eigenvalue weighted by Gasteiger charge is 2.42. The van der Waals surface area contributed by atoms with E-state index in [2.05, 4.69) is 9.88 Å². The second-order valence-corrected chi connectivity index (χ2v) is 7.44. The van der Waals surface area contributed by atoms with Crippen molar-refractivity contribution in [3.63, 3.8) is 0 Å². The van der Waals surface area contributed by atoms with Crippen molar-refractivity contribution in [1.82, 2.24) is 9.88 Å². The number of oxazole rings is 1. The summed E-state index contributed by atoms with van der Waals surface area (Å²) < 4.78 is 11.3. The van der Waals surface area contributed by atoms with Gasteiger partial charge in [-0.05, 0) is 50.5 Å². The Morgan fingerprint density at radius 2 is 1.92 bits per heavy atom. The van der Waals surface area contributed by atoms with Crippen molar-refractivity contribution in [2.75, 3.05) is 14.1 Å². The number of aromatic nitrogens is 1. The molecule has 1 aliphatic rings. The monoisotopic (exact) mass is 390 g/mol. The Kier molecular flexibility index (Phi) is 4.39. The Morgan fingerprint density at radius 3 is 2.58 bits per heavy atom. The van der Waals surface area contributed by atoms with Crippen LogP contribution in [0.5, 0.6) is 0 Å². The van der Waals surface area contributed by atoms with Crippen LogP contribution < -0.4 is 0 Å². The van der Waals surface area contributed by atoms with E-state index >= 15 is 0 Å². The van der Waals surface area contributed by atoms with Crippen LogP contribution in [0.1, 0.15) is 16.8 Å². The molecule has 134 valence electrons. The van der Waals surface area contributed by atoms with Gasteiger partial charge in [-0.1, -0.05) is 23.2 Å². The number of halogens is 2. The van der Waals surface area contributed by atoms with Gasteiger partial charge in [-0.2, -0.15) is 0 Å². The molecule has 0 bridgehead atoms. The van der Waals surface area contributed by atoms with Crippen LogP contribution in [0.25, 0.3) is 22.6 Å². The van der Waals surface area contributed by atoms with E-state index < -0.39 is 0 Å². The Hall–Kier alpha value is -2.08. The number of hydrogen-bond acceptors (Lipinski definition) is 5. The highest BCUT2D eigenvalue weighted by Crippen LogP contribution is 2.32. The van der Waals surface area contributed by atoms with Crippen LogP contribution in [0, 0.1) is 0 Å². The number of rotatable bonds is 4. The summed E-state index contributed by atoms with van der Waals surface area (Å²) in [7, 11) is 3.95. The fourth-order valence-corrected chi connectivity index (χ4v) is 3.41. The normalized spacial score (nSPS) is 19.1. The lowest BCUT2D eigenvalue weighted by molar-refractivity contribution is 0.0439. The molecule has 0 N–H and O–H groups in total. The van der Waals surface area contributed by atoms with Gasteiger partial charge < -0.3 is 14.1 Å². The Morgan fingerprint density at radius 1 is 1.19 bits per heavy atom. The molecular formula is C19H16Cl2N2O3. The Bertz CT molecular complexity index is 979. The molecule has 1 aliphatic carbocycles. The maximum Gasteiger partial charge on any atom is 0.338 e.